The number of amides is 2. The van der Waals surface area contributed by atoms with Crippen molar-refractivity contribution in [2.45, 2.75) is 155 Å². The lowest BCUT2D eigenvalue weighted by molar-refractivity contribution is -0.336. The molecule has 1 aromatic rings. The zero-order valence-corrected chi connectivity index (χ0v) is 52.1. The molecule has 2 bridgehead atoms. The van der Waals surface area contributed by atoms with E-state index in [0.717, 1.165) is 7.11 Å². The molecule has 4 saturated heterocycles. The second-order valence-electron chi connectivity index (χ2n) is 20.2. The number of hydrogen-bond donors (Lipinski definition) is 9. The summed E-state index contributed by atoms with van der Waals surface area (Å²) in [5.41, 5.74) is -0.976. The number of hydroxylamine groups is 1. The van der Waals surface area contributed by atoms with Crippen molar-refractivity contribution in [1.82, 2.24) is 16.1 Å². The summed E-state index contributed by atoms with van der Waals surface area (Å²) in [6.07, 6.45) is -12.9. The van der Waals surface area contributed by atoms with E-state index in [2.05, 4.69) is 51.7 Å². The fourth-order valence-electron chi connectivity index (χ4n) is 10.3. The van der Waals surface area contributed by atoms with Gasteiger partial charge in [0, 0.05) is 48.3 Å². The normalized spacial score (nSPS) is 35.2. The number of aliphatic hydroxyl groups excluding tert-OH is 4. The number of carbonyl (C=O) groups excluding carboxylic acids is 4. The molecule has 4 fully saturated rings. The molecule has 0 saturated carbocycles. The number of fused-ring (bicyclic) bond motifs is 2. The zero-order valence-electron chi connectivity index (χ0n) is 48.8. The van der Waals surface area contributed by atoms with Gasteiger partial charge in [-0.05, 0) is 62.3 Å². The number of Topliss-reactive ketones (excluding diaryl/α,β-unsaturated/α-hetero) is 1. The molecule has 4 aliphatic heterocycles. The minimum Gasteiger partial charge on any atom is -0.493 e. The van der Waals surface area contributed by atoms with E-state index in [-0.39, 0.29) is 76.2 Å². The largest absolute Gasteiger partial charge is 0.493 e. The summed E-state index contributed by atoms with van der Waals surface area (Å²) in [6.45, 7) is 8.46. The number of esters is 1. The van der Waals surface area contributed by atoms with Crippen molar-refractivity contribution in [1.29, 1.82) is 0 Å². The Bertz CT molecular complexity index is 2800. The Balaban J connectivity index is 1.23. The minimum atomic E-state index is -2.65. The van der Waals surface area contributed by atoms with Crippen LogP contribution in [0.25, 0.3) is 0 Å². The van der Waals surface area contributed by atoms with E-state index >= 15 is 4.79 Å². The Labute approximate surface area is 513 Å². The van der Waals surface area contributed by atoms with Crippen LogP contribution in [0.2, 0.25) is 0 Å². The molecular weight excluding hydrogens is 1210 g/mol. The van der Waals surface area contributed by atoms with Crippen LogP contribution in [0, 0.1) is 23.7 Å². The molecule has 2 amide bonds. The van der Waals surface area contributed by atoms with Crippen LogP contribution in [-0.2, 0) is 61.8 Å². The Morgan fingerprint density at radius 3 is 2.19 bits per heavy atom. The third-order valence-electron chi connectivity index (χ3n) is 14.8. The zero-order chi connectivity index (χ0) is 62.6. The van der Waals surface area contributed by atoms with Crippen molar-refractivity contribution in [2.24, 2.45) is 0 Å². The maximum absolute atomic E-state index is 15.4. The Morgan fingerprint density at radius 1 is 0.837 bits per heavy atom. The molecule has 0 unspecified atom stereocenters. The van der Waals surface area contributed by atoms with Crippen molar-refractivity contribution < 1.29 is 106 Å². The number of anilines is 1. The molecule has 0 radical (unpaired) electrons. The van der Waals surface area contributed by atoms with E-state index in [1.165, 1.54) is 95.7 Å². The van der Waals surface area contributed by atoms with Crippen LogP contribution >= 0.6 is 43.2 Å². The summed E-state index contributed by atoms with van der Waals surface area (Å²) >= 11 is 1.46. The van der Waals surface area contributed by atoms with Crippen molar-refractivity contribution >= 4 is 72.6 Å². The summed E-state index contributed by atoms with van der Waals surface area (Å²) in [4.78, 5) is 61.8. The van der Waals surface area contributed by atoms with Crippen LogP contribution < -0.4 is 30.9 Å². The molecule has 9 N–H and O–H groups in total. The molecule has 474 valence electrons. The highest BCUT2D eigenvalue weighted by atomic mass is 33.5. The predicted molar refractivity (Wildman–Crippen MR) is 316 cm³/mol. The number of methoxy groups -OCH3 is 4. The standard InChI is InChI=1S/C56H74N4O22S4/c1-26-44(60-82-42-24-36(63)50(83-10)28(3)76-42)46(64)49(79-40-22-34(61)33(57-5)25-74-40)54(77-26)78-37-16-14-12-13-15-18-56(69)31(17-19-85-86-84-11)43(37)45(59-55(68)73-9)47(65)51(56)80-41-23-35(62)48(27(2)75-41)81-53(67)30-20-38(71-7)39(72-8)21-32(30)58-52(66)29(4)70-6/h12-13,17,20-21,26-28,33-37,40-42,44,46,48-51,54,57,60-64,69H,4,19,22-25H2,1-3,5-11H3,(H,58,66)(H,59,68)/b13-12-,31-17-/t26-,27+,28-,33+,34+,35+,36+,37+,40+,41+,42+,44-,46+,48-,49-,50-,51-,54+,56-/m1/s1. The molecule has 86 heavy (non-hydrogen) atoms. The van der Waals surface area contributed by atoms with Crippen LogP contribution in [0.1, 0.15) is 50.4 Å². The second-order valence-corrected chi connectivity index (χ2v) is 25.6. The monoisotopic (exact) mass is 1280 g/mol. The lowest BCUT2D eigenvalue weighted by Crippen LogP contribution is -2.65. The number of likely N-dealkylation sites (N-methyl/N-ethyl adjacent to an activating group) is 1. The number of alkyl carbamates (subject to hydrolysis) is 1. The summed E-state index contributed by atoms with van der Waals surface area (Å²) in [5.74, 6) is 8.54. The highest BCUT2D eigenvalue weighted by Crippen LogP contribution is 2.44. The minimum absolute atomic E-state index is 0.0194. The first-order valence-electron chi connectivity index (χ1n) is 27.1. The third-order valence-corrected chi connectivity index (χ3v) is 19.7. The first kappa shape index (κ1) is 68.9. The number of allylic oxidation sites excluding steroid dienone is 2. The van der Waals surface area contributed by atoms with Crippen LogP contribution in [0.5, 0.6) is 11.5 Å². The van der Waals surface area contributed by atoms with Crippen molar-refractivity contribution in [3.63, 3.8) is 0 Å². The fourth-order valence-corrected chi connectivity index (χ4v) is 13.6. The van der Waals surface area contributed by atoms with E-state index in [0.29, 0.717) is 0 Å². The molecule has 6 aliphatic rings. The summed E-state index contributed by atoms with van der Waals surface area (Å²) in [5, 5.41) is 67.2. The molecular formula is C56H74N4O22S4. The van der Waals surface area contributed by atoms with Crippen LogP contribution in [0.3, 0.4) is 0 Å². The van der Waals surface area contributed by atoms with Gasteiger partial charge in [-0.2, -0.15) is 17.2 Å². The predicted octanol–water partition coefficient (Wildman–Crippen LogP) is 1.98. The number of rotatable bonds is 23. The van der Waals surface area contributed by atoms with E-state index in [4.69, 9.17) is 61.7 Å². The van der Waals surface area contributed by atoms with Gasteiger partial charge in [0.1, 0.15) is 18.3 Å². The van der Waals surface area contributed by atoms with Crippen LogP contribution in [0.4, 0.5) is 10.5 Å². The number of benzene rings is 1. The number of thioether (sulfide) groups is 1. The van der Waals surface area contributed by atoms with Gasteiger partial charge in [0.15, 0.2) is 60.2 Å². The lowest BCUT2D eigenvalue weighted by atomic mass is 9.73. The quantitative estimate of drug-likeness (QED) is 0.0144. The van der Waals surface area contributed by atoms with Gasteiger partial charge in [0.05, 0.1) is 106 Å². The van der Waals surface area contributed by atoms with Crippen molar-refractivity contribution in [2.75, 3.05) is 65.7 Å². The van der Waals surface area contributed by atoms with Gasteiger partial charge < -0.3 is 93.0 Å². The maximum Gasteiger partial charge on any atom is 0.411 e. The molecule has 30 heteroatoms. The molecule has 7 rings (SSSR count). The van der Waals surface area contributed by atoms with E-state index < -0.39 is 140 Å². The summed E-state index contributed by atoms with van der Waals surface area (Å²) in [6, 6.07) is 1.07. The molecule has 19 atom stereocenters. The van der Waals surface area contributed by atoms with Gasteiger partial charge in [-0.1, -0.05) is 57.9 Å². The van der Waals surface area contributed by atoms with Crippen molar-refractivity contribution in [3.05, 3.63) is 65.1 Å². The second kappa shape index (κ2) is 31.7. The topological polar surface area (TPSA) is 338 Å². The van der Waals surface area contributed by atoms with Gasteiger partial charge in [-0.15, -0.1) is 0 Å². The average molecular weight is 1280 g/mol. The average Bonchev–Trinajstić information content (AvgIpc) is 0.903. The van der Waals surface area contributed by atoms with Crippen LogP contribution in [0.15, 0.2) is 59.5 Å². The first-order chi connectivity index (χ1) is 41.1. The fraction of sp³-hybridized carbons (Fsp3) is 0.607. The van der Waals surface area contributed by atoms with E-state index in [1.807, 2.05) is 19.4 Å². The molecule has 4 heterocycles. The van der Waals surface area contributed by atoms with Gasteiger partial charge in [0.2, 0.25) is 5.78 Å². The Hall–Kier alpha value is -4.62. The van der Waals surface area contributed by atoms with Crippen molar-refractivity contribution in [3.8, 4) is 35.2 Å². The molecule has 0 aromatic heterocycles. The van der Waals surface area contributed by atoms with Gasteiger partial charge in [0.25, 0.3) is 5.91 Å². The number of carbonyl (C=O) groups is 4. The molecule has 2 aliphatic carbocycles. The van der Waals surface area contributed by atoms with Gasteiger partial charge >= 0.3 is 12.1 Å². The highest BCUT2D eigenvalue weighted by molar-refractivity contribution is 9.09. The molecule has 1 aromatic carbocycles. The number of ketones is 1. The van der Waals surface area contributed by atoms with Gasteiger partial charge in [-0.3, -0.25) is 19.7 Å². The van der Waals surface area contributed by atoms with Gasteiger partial charge in [-0.25, -0.2) is 9.59 Å². The molecule has 0 spiro atoms. The maximum atomic E-state index is 15.4. The first-order valence-corrected chi connectivity index (χ1v) is 32.5. The summed E-state index contributed by atoms with van der Waals surface area (Å²) in [7, 11) is 10.8. The number of hydrogen-bond acceptors (Lipinski definition) is 28. The van der Waals surface area contributed by atoms with E-state index in [1.54, 1.807) is 20.0 Å². The number of ether oxygens (including phenoxy) is 12. The highest BCUT2D eigenvalue weighted by Gasteiger charge is 2.57. The number of aliphatic hydroxyl groups is 5. The Kier molecular flexibility index (Phi) is 25.4. The number of nitrogens with one attached hydrogen (secondary N) is 4. The lowest BCUT2D eigenvalue weighted by Gasteiger charge is -2.47. The smallest absolute Gasteiger partial charge is 0.411 e. The Morgan fingerprint density at radius 2 is 1.53 bits per heavy atom. The summed E-state index contributed by atoms with van der Waals surface area (Å²) < 4.78 is 71.1. The SMILES string of the molecule is C=C(OC)C(=O)Nc1cc(OC)c(OC)cc1C(=O)O[C@@H]1[C@H](C)O[C@@H](O[C@@H]2C(=O)C(NC(=O)OC)=C3/C(=C/CSSSC)[C@]2(O)C#C/C=C\C#C[C@@H]3O[C@@H]2O[C@H](C)[C@@H](NO[C@H]3C[C@H](O)[C@H](SC)[C@@H](C)O3)[C@H](O)[C@H]2O[C@H]2C[C@H](O)[C@@H](NC)CO2)C[C@@H]1O. The van der Waals surface area contributed by atoms with E-state index in [9.17, 15) is 39.9 Å². The third kappa shape index (κ3) is 16.2. The molecule has 26 nitrogen and oxygen atoms in total. The van der Waals surface area contributed by atoms with Crippen LogP contribution in [-0.4, -0.2) is 225 Å².